The van der Waals surface area contributed by atoms with Gasteiger partial charge in [0.25, 0.3) is 0 Å². The third-order valence-corrected chi connectivity index (χ3v) is 5.76. The van der Waals surface area contributed by atoms with Gasteiger partial charge in [0.05, 0.1) is 12.2 Å². The molecule has 0 radical (unpaired) electrons. The highest BCUT2D eigenvalue weighted by Crippen LogP contribution is 2.39. The normalized spacial score (nSPS) is 15.9. The van der Waals surface area contributed by atoms with Crippen LogP contribution in [0.2, 0.25) is 0 Å². The van der Waals surface area contributed by atoms with Crippen LogP contribution in [0.25, 0.3) is 11.4 Å². The fourth-order valence-electron chi connectivity index (χ4n) is 3.37. The summed E-state index contributed by atoms with van der Waals surface area (Å²) in [4.78, 5) is 17.9. The van der Waals surface area contributed by atoms with Crippen molar-refractivity contribution in [1.82, 2.24) is 14.8 Å². The number of amides is 1. The van der Waals surface area contributed by atoms with Gasteiger partial charge in [0, 0.05) is 16.1 Å². The second-order valence-corrected chi connectivity index (χ2v) is 7.51. The number of hydrogen-bond acceptors (Lipinski definition) is 6. The van der Waals surface area contributed by atoms with Gasteiger partial charge in [-0.25, -0.2) is 4.68 Å². The van der Waals surface area contributed by atoms with Gasteiger partial charge < -0.3 is 15.8 Å². The fraction of sp³-hybridized carbons (Fsp3) is 0.250. The monoisotopic (exact) mass is 395 g/mol. The van der Waals surface area contributed by atoms with E-state index in [1.165, 1.54) is 0 Å². The number of primary amides is 1. The van der Waals surface area contributed by atoms with Gasteiger partial charge in [-0.05, 0) is 62.0 Å². The summed E-state index contributed by atoms with van der Waals surface area (Å²) in [7, 11) is 0. The Hall–Kier alpha value is -3.13. The first-order chi connectivity index (χ1) is 13.5. The van der Waals surface area contributed by atoms with Crippen molar-refractivity contribution in [2.75, 3.05) is 11.9 Å². The summed E-state index contributed by atoms with van der Waals surface area (Å²) in [5.41, 5.74) is 8.87. The number of carbonyl (C=O) groups is 1. The number of nitrogens with one attached hydrogen (secondary N) is 1. The summed E-state index contributed by atoms with van der Waals surface area (Å²) in [6.45, 7) is 6.42. The predicted octanol–water partition coefficient (Wildman–Crippen LogP) is 3.49. The number of anilines is 1. The molecule has 7 nitrogen and oxygen atoms in total. The molecular formula is C20H21N5O2S. The molecule has 4 rings (SSSR count). The Morgan fingerprint density at radius 2 is 2.04 bits per heavy atom. The number of allylic oxidation sites excluding steroid dienone is 1. The van der Waals surface area contributed by atoms with Crippen molar-refractivity contribution in [3.8, 4) is 17.1 Å². The first-order valence-corrected chi connectivity index (χ1v) is 9.89. The second kappa shape index (κ2) is 7.12. The molecule has 3 N–H and O–H groups in total. The quantitative estimate of drug-likeness (QED) is 0.690. The van der Waals surface area contributed by atoms with Crippen LogP contribution in [0.4, 0.5) is 5.95 Å². The summed E-state index contributed by atoms with van der Waals surface area (Å²) in [6.07, 6.45) is 0. The Bertz CT molecular complexity index is 1060. The van der Waals surface area contributed by atoms with E-state index in [9.17, 15) is 4.79 Å². The Kier molecular flexibility index (Phi) is 4.64. The molecule has 1 unspecified atom stereocenters. The highest BCUT2D eigenvalue weighted by atomic mass is 32.1. The van der Waals surface area contributed by atoms with Gasteiger partial charge in [-0.1, -0.05) is 0 Å². The molecule has 0 bridgehead atoms. The Morgan fingerprint density at radius 3 is 2.64 bits per heavy atom. The number of ether oxygens (including phenoxy) is 1. The van der Waals surface area contributed by atoms with Crippen LogP contribution in [0.15, 0.2) is 47.0 Å². The second-order valence-electron chi connectivity index (χ2n) is 6.56. The molecule has 0 spiro atoms. The Morgan fingerprint density at radius 1 is 1.29 bits per heavy atom. The van der Waals surface area contributed by atoms with Crippen LogP contribution in [0.1, 0.15) is 30.3 Å². The first-order valence-electron chi connectivity index (χ1n) is 9.01. The van der Waals surface area contributed by atoms with Crippen LogP contribution < -0.4 is 15.8 Å². The van der Waals surface area contributed by atoms with Gasteiger partial charge in [0.15, 0.2) is 5.82 Å². The van der Waals surface area contributed by atoms with Gasteiger partial charge in [-0.2, -0.15) is 4.98 Å². The lowest BCUT2D eigenvalue weighted by Gasteiger charge is -2.27. The van der Waals surface area contributed by atoms with Crippen LogP contribution in [0, 0.1) is 6.92 Å². The standard InChI is InChI=1S/C20H21N5O2S/c1-4-27-14-7-5-13(6-8-14)19-23-20-22-12(3)15(18(21)26)16(25(20)24-19)17-11(2)9-10-28-17/h5-10,16H,4H2,1-3H3,(H2,21,26)(H,22,23,24). The smallest absolute Gasteiger partial charge is 0.248 e. The molecule has 1 aliphatic heterocycles. The first kappa shape index (κ1) is 18.2. The van der Waals surface area contributed by atoms with E-state index in [4.69, 9.17) is 15.6 Å². The third kappa shape index (κ3) is 3.05. The Labute approximate surface area is 166 Å². The van der Waals surface area contributed by atoms with E-state index >= 15 is 0 Å². The molecule has 3 aromatic rings. The van der Waals surface area contributed by atoms with E-state index in [-0.39, 0.29) is 0 Å². The lowest BCUT2D eigenvalue weighted by molar-refractivity contribution is -0.115. The van der Waals surface area contributed by atoms with E-state index in [0.29, 0.717) is 29.6 Å². The predicted molar refractivity (Wildman–Crippen MR) is 109 cm³/mol. The van der Waals surface area contributed by atoms with Crippen LogP contribution in [-0.2, 0) is 4.79 Å². The maximum atomic E-state index is 12.2. The van der Waals surface area contributed by atoms with Gasteiger partial charge >= 0.3 is 0 Å². The molecular weight excluding hydrogens is 374 g/mol. The topological polar surface area (TPSA) is 95.1 Å². The van der Waals surface area contributed by atoms with Crippen molar-refractivity contribution in [2.24, 2.45) is 5.73 Å². The van der Waals surface area contributed by atoms with Gasteiger partial charge in [-0.15, -0.1) is 16.4 Å². The van der Waals surface area contributed by atoms with Crippen molar-refractivity contribution >= 4 is 23.2 Å². The molecule has 0 saturated heterocycles. The zero-order valence-electron chi connectivity index (χ0n) is 15.9. The average molecular weight is 395 g/mol. The molecule has 28 heavy (non-hydrogen) atoms. The van der Waals surface area contributed by atoms with Crippen molar-refractivity contribution in [3.63, 3.8) is 0 Å². The van der Waals surface area contributed by atoms with Crippen molar-refractivity contribution in [1.29, 1.82) is 0 Å². The number of benzene rings is 1. The molecule has 0 saturated carbocycles. The number of hydrogen-bond donors (Lipinski definition) is 2. The molecule has 0 fully saturated rings. The number of rotatable bonds is 5. The third-order valence-electron chi connectivity index (χ3n) is 4.69. The molecule has 1 aromatic carbocycles. The van der Waals surface area contributed by atoms with Crippen molar-refractivity contribution in [3.05, 3.63) is 57.4 Å². The average Bonchev–Trinajstić information content (AvgIpc) is 3.27. The van der Waals surface area contributed by atoms with Crippen LogP contribution >= 0.6 is 11.3 Å². The number of aromatic nitrogens is 3. The van der Waals surface area contributed by atoms with Crippen LogP contribution in [-0.4, -0.2) is 27.3 Å². The molecule has 3 heterocycles. The molecule has 1 aliphatic rings. The molecule has 144 valence electrons. The SMILES string of the molecule is CCOc1ccc(-c2nc3n(n2)C(c2sccc2C)C(C(N)=O)=C(C)N3)cc1. The fourth-order valence-corrected chi connectivity index (χ4v) is 4.39. The maximum Gasteiger partial charge on any atom is 0.248 e. The maximum absolute atomic E-state index is 12.2. The largest absolute Gasteiger partial charge is 0.494 e. The van der Waals surface area contributed by atoms with Crippen molar-refractivity contribution in [2.45, 2.75) is 26.8 Å². The molecule has 8 heteroatoms. The molecule has 0 aliphatic carbocycles. The number of nitrogens with two attached hydrogens (primary N) is 1. The summed E-state index contributed by atoms with van der Waals surface area (Å²) in [6, 6.07) is 9.27. The number of aryl methyl sites for hydroxylation is 1. The van der Waals surface area contributed by atoms with Crippen molar-refractivity contribution < 1.29 is 9.53 Å². The summed E-state index contributed by atoms with van der Waals surface area (Å²) >= 11 is 1.58. The molecule has 1 atom stereocenters. The minimum atomic E-state index is -0.466. The highest BCUT2D eigenvalue weighted by molar-refractivity contribution is 7.10. The summed E-state index contributed by atoms with van der Waals surface area (Å²) in [5, 5.41) is 9.89. The van der Waals surface area contributed by atoms with Crippen LogP contribution in [0.5, 0.6) is 5.75 Å². The lowest BCUT2D eigenvalue weighted by Crippen LogP contribution is -2.31. The van der Waals surface area contributed by atoms with E-state index in [1.54, 1.807) is 16.0 Å². The van der Waals surface area contributed by atoms with E-state index < -0.39 is 11.9 Å². The molecule has 1 amide bonds. The number of nitrogens with zero attached hydrogens (tertiary/aromatic N) is 3. The molecule has 2 aromatic heterocycles. The highest BCUT2D eigenvalue weighted by Gasteiger charge is 2.34. The van der Waals surface area contributed by atoms with Gasteiger partial charge in [0.2, 0.25) is 11.9 Å². The lowest BCUT2D eigenvalue weighted by atomic mass is 9.99. The number of thiophene rings is 1. The Balaban J connectivity index is 1.80. The number of carbonyl (C=O) groups excluding carboxylic acids is 1. The minimum absolute atomic E-state index is 0.391. The summed E-state index contributed by atoms with van der Waals surface area (Å²) < 4.78 is 7.24. The van der Waals surface area contributed by atoms with E-state index in [0.717, 1.165) is 21.8 Å². The van der Waals surface area contributed by atoms with Gasteiger partial charge in [0.1, 0.15) is 11.8 Å². The van der Waals surface area contributed by atoms with E-state index in [2.05, 4.69) is 10.3 Å². The number of fused-ring (bicyclic) bond motifs is 1. The van der Waals surface area contributed by atoms with Gasteiger partial charge in [-0.3, -0.25) is 4.79 Å². The summed E-state index contributed by atoms with van der Waals surface area (Å²) in [5.74, 6) is 1.49. The van der Waals surface area contributed by atoms with E-state index in [1.807, 2.05) is 56.5 Å². The zero-order chi connectivity index (χ0) is 19.8. The minimum Gasteiger partial charge on any atom is -0.494 e. The zero-order valence-corrected chi connectivity index (χ0v) is 16.7. The van der Waals surface area contributed by atoms with Crippen LogP contribution in [0.3, 0.4) is 0 Å².